The van der Waals surface area contributed by atoms with Crippen LogP contribution < -0.4 is 10.1 Å². The average Bonchev–Trinajstić information content (AvgIpc) is 2.45. The smallest absolute Gasteiger partial charge is 0.167 e. The molecule has 3 heteroatoms. The normalized spacial score (nSPS) is 19.2. The predicted octanol–water partition coefficient (Wildman–Crippen LogP) is 2.97. The van der Waals surface area contributed by atoms with Gasteiger partial charge in [0, 0.05) is 18.0 Å². The lowest BCUT2D eigenvalue weighted by atomic mass is 9.89. The molecule has 2 rings (SSSR count). The summed E-state index contributed by atoms with van der Waals surface area (Å²) in [5.41, 5.74) is 1.86. The topological polar surface area (TPSA) is 38.3 Å². The highest BCUT2D eigenvalue weighted by Crippen LogP contribution is 2.22. The maximum absolute atomic E-state index is 12.5. The third kappa shape index (κ3) is 3.57. The number of hydrogen-bond donors (Lipinski definition) is 1. The summed E-state index contributed by atoms with van der Waals surface area (Å²) in [7, 11) is 0. The Hall–Kier alpha value is -1.35. The maximum atomic E-state index is 12.5. The number of ketones is 1. The Kier molecular flexibility index (Phi) is 4.97. The van der Waals surface area contributed by atoms with Crippen LogP contribution in [0.3, 0.4) is 0 Å². The summed E-state index contributed by atoms with van der Waals surface area (Å²) in [4.78, 5) is 12.5. The number of nitrogens with one attached hydrogen (secondary N) is 1. The van der Waals surface area contributed by atoms with Crippen LogP contribution >= 0.6 is 0 Å². The van der Waals surface area contributed by atoms with E-state index in [9.17, 15) is 4.79 Å². The zero-order valence-corrected chi connectivity index (χ0v) is 11.9. The number of aryl methyl sites for hydroxylation is 1. The Morgan fingerprint density at radius 3 is 2.95 bits per heavy atom. The second-order valence-electron chi connectivity index (χ2n) is 5.23. The summed E-state index contributed by atoms with van der Waals surface area (Å²) in [5, 5.41) is 3.30. The summed E-state index contributed by atoms with van der Waals surface area (Å²) in [6.45, 7) is 6.64. The molecule has 0 amide bonds. The summed E-state index contributed by atoms with van der Waals surface area (Å²) in [6.07, 6.45) is 3.08. The van der Waals surface area contributed by atoms with Gasteiger partial charge in [-0.25, -0.2) is 0 Å². The molecule has 0 bridgehead atoms. The van der Waals surface area contributed by atoms with E-state index in [1.54, 1.807) is 0 Å². The first kappa shape index (κ1) is 14.1. The molecule has 1 aliphatic rings. The minimum Gasteiger partial charge on any atom is -0.494 e. The van der Waals surface area contributed by atoms with Crippen molar-refractivity contribution in [2.75, 3.05) is 19.7 Å². The van der Waals surface area contributed by atoms with Crippen molar-refractivity contribution in [2.45, 2.75) is 33.1 Å². The number of carbonyl (C=O) groups excluding carboxylic acids is 1. The van der Waals surface area contributed by atoms with Gasteiger partial charge in [-0.1, -0.05) is 6.92 Å². The number of piperidine rings is 1. The largest absolute Gasteiger partial charge is 0.494 e. The lowest BCUT2D eigenvalue weighted by Crippen LogP contribution is -2.34. The molecular weight excluding hydrogens is 238 g/mol. The summed E-state index contributed by atoms with van der Waals surface area (Å²) in [5.74, 6) is 1.26. The van der Waals surface area contributed by atoms with E-state index in [0.717, 1.165) is 55.8 Å². The molecule has 1 N–H and O–H groups in total. The SMILES string of the molecule is CCCOc1ccc(C(=O)C2CCCNC2)c(C)c1. The van der Waals surface area contributed by atoms with Crippen molar-refractivity contribution in [2.24, 2.45) is 5.92 Å². The fraction of sp³-hybridized carbons (Fsp3) is 0.562. The maximum Gasteiger partial charge on any atom is 0.167 e. The number of hydrogen-bond acceptors (Lipinski definition) is 3. The molecular formula is C16H23NO2. The number of rotatable bonds is 5. The van der Waals surface area contributed by atoms with Gasteiger partial charge < -0.3 is 10.1 Å². The van der Waals surface area contributed by atoms with E-state index in [-0.39, 0.29) is 11.7 Å². The zero-order chi connectivity index (χ0) is 13.7. The van der Waals surface area contributed by atoms with Gasteiger partial charge in [-0.3, -0.25) is 4.79 Å². The highest BCUT2D eigenvalue weighted by atomic mass is 16.5. The van der Waals surface area contributed by atoms with Crippen LogP contribution in [0.5, 0.6) is 5.75 Å². The van der Waals surface area contributed by atoms with Crippen LogP contribution in [-0.4, -0.2) is 25.5 Å². The van der Waals surface area contributed by atoms with Crippen molar-refractivity contribution in [3.05, 3.63) is 29.3 Å². The van der Waals surface area contributed by atoms with Gasteiger partial charge in [-0.2, -0.15) is 0 Å². The predicted molar refractivity (Wildman–Crippen MR) is 76.9 cm³/mol. The van der Waals surface area contributed by atoms with E-state index in [1.807, 2.05) is 25.1 Å². The molecule has 0 radical (unpaired) electrons. The Labute approximate surface area is 115 Å². The Balaban J connectivity index is 2.09. The monoisotopic (exact) mass is 261 g/mol. The molecule has 1 atom stereocenters. The molecule has 1 unspecified atom stereocenters. The zero-order valence-electron chi connectivity index (χ0n) is 11.9. The quantitative estimate of drug-likeness (QED) is 0.828. The molecule has 0 aliphatic carbocycles. The molecule has 1 aromatic carbocycles. The van der Waals surface area contributed by atoms with Crippen molar-refractivity contribution in [1.29, 1.82) is 0 Å². The molecule has 1 saturated heterocycles. The highest BCUT2D eigenvalue weighted by Gasteiger charge is 2.23. The average molecular weight is 261 g/mol. The van der Waals surface area contributed by atoms with Crippen molar-refractivity contribution >= 4 is 5.78 Å². The molecule has 3 nitrogen and oxygen atoms in total. The first-order chi connectivity index (χ1) is 9.22. The minimum atomic E-state index is 0.134. The lowest BCUT2D eigenvalue weighted by molar-refractivity contribution is 0.0899. The molecule has 0 saturated carbocycles. The standard InChI is InChI=1S/C16H23NO2/c1-3-9-19-14-6-7-15(12(2)10-14)16(18)13-5-4-8-17-11-13/h6-7,10,13,17H,3-5,8-9,11H2,1-2H3. The van der Waals surface area contributed by atoms with Gasteiger partial charge >= 0.3 is 0 Å². The van der Waals surface area contributed by atoms with Gasteiger partial charge in [0.1, 0.15) is 5.75 Å². The molecule has 0 aromatic heterocycles. The van der Waals surface area contributed by atoms with Crippen LogP contribution in [0, 0.1) is 12.8 Å². The molecule has 1 aromatic rings. The molecule has 19 heavy (non-hydrogen) atoms. The fourth-order valence-electron chi connectivity index (χ4n) is 2.52. The third-order valence-corrected chi connectivity index (χ3v) is 3.60. The number of benzene rings is 1. The van der Waals surface area contributed by atoms with Gasteiger partial charge in [0.2, 0.25) is 0 Å². The van der Waals surface area contributed by atoms with E-state index in [4.69, 9.17) is 4.74 Å². The minimum absolute atomic E-state index is 0.134. The van der Waals surface area contributed by atoms with E-state index >= 15 is 0 Å². The van der Waals surface area contributed by atoms with Gasteiger partial charge in [0.05, 0.1) is 6.61 Å². The van der Waals surface area contributed by atoms with Crippen molar-refractivity contribution < 1.29 is 9.53 Å². The van der Waals surface area contributed by atoms with Crippen LogP contribution in [0.25, 0.3) is 0 Å². The Bertz CT molecular complexity index is 436. The molecule has 0 spiro atoms. The Morgan fingerprint density at radius 2 is 2.32 bits per heavy atom. The van der Waals surface area contributed by atoms with Gasteiger partial charge in [-0.05, 0) is 56.5 Å². The van der Waals surface area contributed by atoms with E-state index in [2.05, 4.69) is 12.2 Å². The third-order valence-electron chi connectivity index (χ3n) is 3.60. The second kappa shape index (κ2) is 6.71. The molecule has 104 valence electrons. The van der Waals surface area contributed by atoms with E-state index in [0.29, 0.717) is 0 Å². The first-order valence-corrected chi connectivity index (χ1v) is 7.20. The van der Waals surface area contributed by atoms with Crippen LogP contribution in [0.15, 0.2) is 18.2 Å². The highest BCUT2D eigenvalue weighted by molar-refractivity contribution is 5.99. The summed E-state index contributed by atoms with van der Waals surface area (Å²) >= 11 is 0. The number of Topliss-reactive ketones (excluding diaryl/α,β-unsaturated/α-hetero) is 1. The lowest BCUT2D eigenvalue weighted by Gasteiger charge is -2.22. The second-order valence-corrected chi connectivity index (χ2v) is 5.23. The van der Waals surface area contributed by atoms with E-state index in [1.165, 1.54) is 0 Å². The first-order valence-electron chi connectivity index (χ1n) is 7.20. The van der Waals surface area contributed by atoms with Gasteiger partial charge in [0.15, 0.2) is 5.78 Å². The van der Waals surface area contributed by atoms with Gasteiger partial charge in [-0.15, -0.1) is 0 Å². The molecule has 1 fully saturated rings. The Morgan fingerprint density at radius 1 is 1.47 bits per heavy atom. The van der Waals surface area contributed by atoms with Crippen LogP contribution in [0.1, 0.15) is 42.1 Å². The van der Waals surface area contributed by atoms with Crippen molar-refractivity contribution in [3.8, 4) is 5.75 Å². The molecule has 1 aliphatic heterocycles. The molecule has 1 heterocycles. The number of carbonyl (C=O) groups is 1. The van der Waals surface area contributed by atoms with E-state index < -0.39 is 0 Å². The van der Waals surface area contributed by atoms with Crippen LogP contribution in [-0.2, 0) is 0 Å². The van der Waals surface area contributed by atoms with Crippen molar-refractivity contribution in [1.82, 2.24) is 5.32 Å². The summed E-state index contributed by atoms with van der Waals surface area (Å²) in [6, 6.07) is 5.79. The van der Waals surface area contributed by atoms with Crippen molar-refractivity contribution in [3.63, 3.8) is 0 Å². The summed E-state index contributed by atoms with van der Waals surface area (Å²) < 4.78 is 5.59. The number of ether oxygens (including phenoxy) is 1. The van der Waals surface area contributed by atoms with Crippen LogP contribution in [0.4, 0.5) is 0 Å². The van der Waals surface area contributed by atoms with Crippen LogP contribution in [0.2, 0.25) is 0 Å². The van der Waals surface area contributed by atoms with Gasteiger partial charge in [0.25, 0.3) is 0 Å². The fourth-order valence-corrected chi connectivity index (χ4v) is 2.52.